The fourth-order valence-electron chi connectivity index (χ4n) is 2.06. The molecule has 20 heavy (non-hydrogen) atoms. The van der Waals surface area contributed by atoms with Crippen LogP contribution in [0.2, 0.25) is 0 Å². The zero-order valence-corrected chi connectivity index (χ0v) is 14.5. The van der Waals surface area contributed by atoms with Gasteiger partial charge in [-0.15, -0.1) is 12.3 Å². The summed E-state index contributed by atoms with van der Waals surface area (Å²) in [5, 5.41) is 5.60. The zero-order chi connectivity index (χ0) is 15.5. The van der Waals surface area contributed by atoms with Crippen molar-refractivity contribution in [1.29, 1.82) is 0 Å². The Hall–Kier alpha value is -1.50. The normalized spacial score (nSPS) is 10.7. The first kappa shape index (κ1) is 18.5. The second-order valence-electron chi connectivity index (χ2n) is 4.25. The van der Waals surface area contributed by atoms with Crippen LogP contribution >= 0.6 is 0 Å². The quantitative estimate of drug-likeness (QED) is 0.511. The van der Waals surface area contributed by atoms with E-state index >= 15 is 0 Å². The lowest BCUT2D eigenvalue weighted by molar-refractivity contribution is 0.130. The lowest BCUT2D eigenvalue weighted by Gasteiger charge is -2.38. The molecule has 0 heterocycles. The molecule has 0 aliphatic carbocycles. The third-order valence-corrected chi connectivity index (χ3v) is 4.59. The van der Waals surface area contributed by atoms with Gasteiger partial charge in [0.15, 0.2) is 0 Å². The van der Waals surface area contributed by atoms with Gasteiger partial charge in [-0.3, -0.25) is 0 Å². The molecule has 0 aliphatic heterocycles. The average Bonchev–Trinajstić information content (AvgIpc) is 2.41. The molecule has 7 heteroatoms. The molecule has 0 saturated heterocycles. The molecule has 0 fully saturated rings. The predicted octanol–water partition coefficient (Wildman–Crippen LogP) is 0.685. The van der Waals surface area contributed by atoms with E-state index in [4.69, 9.17) is 0 Å². The van der Waals surface area contributed by atoms with Crippen LogP contribution < -0.4 is 10.6 Å². The molecule has 0 aromatic carbocycles. The minimum Gasteiger partial charge on any atom is -0.338 e. The first-order chi connectivity index (χ1) is 9.56. The van der Waals surface area contributed by atoms with Crippen LogP contribution in [0.1, 0.15) is 27.7 Å². The van der Waals surface area contributed by atoms with Gasteiger partial charge >= 0.3 is 12.1 Å². The van der Waals surface area contributed by atoms with Gasteiger partial charge in [0.05, 0.1) is 15.3 Å². The van der Waals surface area contributed by atoms with Crippen LogP contribution in [0.3, 0.4) is 0 Å². The number of hydrogen-bond acceptors (Lipinski definition) is 2. The summed E-state index contributed by atoms with van der Waals surface area (Å²) in [4.78, 5) is 27.7. The minimum atomic E-state index is -0.807. The van der Waals surface area contributed by atoms with Crippen molar-refractivity contribution in [1.82, 2.24) is 20.4 Å². The second kappa shape index (κ2) is 10.3. The van der Waals surface area contributed by atoms with Gasteiger partial charge < -0.3 is 20.4 Å². The SMILES string of the molecule is C=C[SiH2]C(N(CC)C(=O)NCC)N(CC)C(=O)NCC. The predicted molar refractivity (Wildman–Crippen MR) is 85.4 cm³/mol. The van der Waals surface area contributed by atoms with Crippen molar-refractivity contribution in [3.63, 3.8) is 0 Å². The summed E-state index contributed by atoms with van der Waals surface area (Å²) in [5.41, 5.74) is 1.87. The number of carbonyl (C=O) groups excluding carboxylic acids is 2. The van der Waals surface area contributed by atoms with E-state index in [1.54, 1.807) is 9.80 Å². The van der Waals surface area contributed by atoms with E-state index in [9.17, 15) is 9.59 Å². The number of amides is 4. The van der Waals surface area contributed by atoms with E-state index in [2.05, 4.69) is 17.2 Å². The Morgan fingerprint density at radius 1 is 1.05 bits per heavy atom. The largest absolute Gasteiger partial charge is 0.338 e. The summed E-state index contributed by atoms with van der Waals surface area (Å²) in [7, 11) is -0.807. The Balaban J connectivity index is 5.18. The van der Waals surface area contributed by atoms with Crippen molar-refractivity contribution in [2.45, 2.75) is 33.5 Å². The molecule has 4 amide bonds. The smallest absolute Gasteiger partial charge is 0.318 e. The first-order valence-corrected chi connectivity index (χ1v) is 8.90. The van der Waals surface area contributed by atoms with Gasteiger partial charge in [-0.05, 0) is 27.7 Å². The average molecular weight is 300 g/mol. The lowest BCUT2D eigenvalue weighted by Crippen LogP contribution is -2.59. The van der Waals surface area contributed by atoms with E-state index in [1.807, 2.05) is 33.4 Å². The topological polar surface area (TPSA) is 64.7 Å². The fourth-order valence-corrected chi connectivity index (χ4v) is 3.71. The van der Waals surface area contributed by atoms with Crippen molar-refractivity contribution < 1.29 is 9.59 Å². The third kappa shape index (κ3) is 5.24. The Morgan fingerprint density at radius 2 is 1.45 bits per heavy atom. The van der Waals surface area contributed by atoms with Crippen LogP contribution in [0.15, 0.2) is 12.3 Å². The first-order valence-electron chi connectivity index (χ1n) is 7.26. The Morgan fingerprint density at radius 3 is 1.70 bits per heavy atom. The molecule has 0 radical (unpaired) electrons. The number of nitrogens with one attached hydrogen (secondary N) is 2. The van der Waals surface area contributed by atoms with Gasteiger partial charge in [-0.1, -0.05) is 0 Å². The molecular formula is C13H28N4O2Si. The summed E-state index contributed by atoms with van der Waals surface area (Å²) >= 11 is 0. The maximum absolute atomic E-state index is 12.1. The van der Waals surface area contributed by atoms with E-state index < -0.39 is 9.52 Å². The molecule has 116 valence electrons. The minimum absolute atomic E-state index is 0.128. The van der Waals surface area contributed by atoms with Crippen LogP contribution in [0.5, 0.6) is 0 Å². The van der Waals surface area contributed by atoms with Gasteiger partial charge in [0.1, 0.15) is 0 Å². The van der Waals surface area contributed by atoms with Crippen molar-refractivity contribution >= 4 is 21.6 Å². The molecule has 0 aromatic heterocycles. The van der Waals surface area contributed by atoms with Crippen molar-refractivity contribution in [3.05, 3.63) is 12.3 Å². The Labute approximate surface area is 124 Å². The molecule has 0 rings (SSSR count). The molecule has 0 atom stereocenters. The highest BCUT2D eigenvalue weighted by Crippen LogP contribution is 2.07. The maximum Gasteiger partial charge on any atom is 0.318 e. The number of nitrogens with zero attached hydrogens (tertiary/aromatic N) is 2. The summed E-state index contributed by atoms with van der Waals surface area (Å²) in [6.45, 7) is 13.7. The van der Waals surface area contributed by atoms with Crippen LogP contribution in [-0.4, -0.2) is 63.3 Å². The van der Waals surface area contributed by atoms with Gasteiger partial charge in [-0.2, -0.15) is 0 Å². The van der Waals surface area contributed by atoms with E-state index in [1.165, 1.54) is 0 Å². The number of rotatable bonds is 8. The molecule has 0 aromatic rings. The molecular weight excluding hydrogens is 272 g/mol. The summed E-state index contributed by atoms with van der Waals surface area (Å²) in [6.07, 6.45) is 0. The number of carbonyl (C=O) groups is 2. The molecule has 0 saturated carbocycles. The standard InChI is InChI=1S/C13H28N4O2Si/c1-6-14-11(18)16(8-3)13(20-10-5)17(9-4)12(19)15-7-2/h10,13H,5-9,20H2,1-4H3,(H,14,18)(H,15,19). The van der Waals surface area contributed by atoms with Crippen LogP contribution in [0.25, 0.3) is 0 Å². The van der Waals surface area contributed by atoms with Gasteiger partial charge in [0.2, 0.25) is 0 Å². The number of urea groups is 2. The maximum atomic E-state index is 12.1. The van der Waals surface area contributed by atoms with Gasteiger partial charge in [0.25, 0.3) is 0 Å². The van der Waals surface area contributed by atoms with Crippen molar-refractivity contribution in [2.24, 2.45) is 0 Å². The highest BCUT2D eigenvalue weighted by Gasteiger charge is 2.29. The van der Waals surface area contributed by atoms with Gasteiger partial charge in [0, 0.05) is 26.2 Å². The fraction of sp³-hybridized carbons (Fsp3) is 0.692. The van der Waals surface area contributed by atoms with Crippen molar-refractivity contribution in [3.8, 4) is 0 Å². The summed E-state index contributed by atoms with van der Waals surface area (Å²) < 4.78 is 0. The van der Waals surface area contributed by atoms with E-state index in [0.29, 0.717) is 26.2 Å². The Kier molecular flexibility index (Phi) is 9.53. The molecule has 6 nitrogen and oxygen atoms in total. The third-order valence-electron chi connectivity index (χ3n) is 2.96. The zero-order valence-electron chi connectivity index (χ0n) is 13.1. The van der Waals surface area contributed by atoms with Crippen LogP contribution in [-0.2, 0) is 0 Å². The monoisotopic (exact) mass is 300 g/mol. The van der Waals surface area contributed by atoms with Crippen LogP contribution in [0.4, 0.5) is 9.59 Å². The van der Waals surface area contributed by atoms with E-state index in [-0.39, 0.29) is 17.9 Å². The highest BCUT2D eigenvalue weighted by atomic mass is 28.2. The molecule has 0 unspecified atom stereocenters. The Bertz CT molecular complexity index is 299. The summed E-state index contributed by atoms with van der Waals surface area (Å²) in [5.74, 6) is -0.180. The van der Waals surface area contributed by atoms with Crippen LogP contribution in [0, 0.1) is 0 Å². The molecule has 0 aliphatic rings. The van der Waals surface area contributed by atoms with E-state index in [0.717, 1.165) is 0 Å². The summed E-state index contributed by atoms with van der Waals surface area (Å²) in [6, 6.07) is -0.255. The molecule has 0 bridgehead atoms. The van der Waals surface area contributed by atoms with Gasteiger partial charge in [-0.25, -0.2) is 9.59 Å². The highest BCUT2D eigenvalue weighted by molar-refractivity contribution is 6.44. The van der Waals surface area contributed by atoms with Crippen molar-refractivity contribution in [2.75, 3.05) is 26.2 Å². The molecule has 0 spiro atoms. The molecule has 2 N–H and O–H groups in total. The number of hydrogen-bond donors (Lipinski definition) is 2. The second-order valence-corrected chi connectivity index (χ2v) is 6.03. The lowest BCUT2D eigenvalue weighted by atomic mass is 10.5.